The third-order valence-corrected chi connectivity index (χ3v) is 9.26. The molecule has 4 rings (SSSR count). The molecule has 0 aliphatic heterocycles. The monoisotopic (exact) mass is 673 g/mol. The van der Waals surface area contributed by atoms with E-state index in [0.29, 0.717) is 4.70 Å². The number of carbonyl (C=O) groups is 2. The molecule has 0 amide bonds. The standard InChI is InChI=1S/C30H26F6NO6PS/c1-15(28(38)41-14-30(2,3)4)37-44(40,43-18-8-6-5-7-9-18)27(36)16-10-11-19-17(12-16)13-20(45-19)29(39)42-26-24(34)22(32)21(31)23(33)25(26)35/h5-13,15,27H,14H2,1-4H3,(H,37,40)/t15-,27+,44+/m0/s1. The van der Waals surface area contributed by atoms with Gasteiger partial charge in [0.15, 0.2) is 0 Å². The number of rotatable bonds is 10. The number of halogens is 6. The molecule has 0 unspecified atom stereocenters. The molecule has 7 nitrogen and oxygen atoms in total. The molecule has 0 saturated carbocycles. The zero-order chi connectivity index (χ0) is 33.3. The molecule has 1 aromatic heterocycles. The predicted molar refractivity (Wildman–Crippen MR) is 155 cm³/mol. The van der Waals surface area contributed by atoms with Crippen molar-refractivity contribution in [2.45, 2.75) is 39.6 Å². The lowest BCUT2D eigenvalue weighted by atomic mass is 9.99. The Balaban J connectivity index is 1.62. The summed E-state index contributed by atoms with van der Waals surface area (Å²) in [5, 5.41) is 2.64. The van der Waals surface area contributed by atoms with Crippen molar-refractivity contribution in [3.05, 3.63) is 94.1 Å². The van der Waals surface area contributed by atoms with Gasteiger partial charge in [0.2, 0.25) is 40.7 Å². The largest absolute Gasteiger partial charge is 0.464 e. The maximum atomic E-state index is 16.2. The van der Waals surface area contributed by atoms with E-state index < -0.39 is 66.2 Å². The summed E-state index contributed by atoms with van der Waals surface area (Å²) in [5.41, 5.74) is -0.556. The SMILES string of the molecule is C[C@H](N[P@](=O)(Oc1ccccc1)[C@@H](F)c1ccc2sc(C(=O)Oc3c(F)c(F)c(F)c(F)c3F)cc2c1)C(=O)OCC(C)(C)C. The maximum Gasteiger partial charge on any atom is 0.355 e. The molecule has 0 aliphatic carbocycles. The van der Waals surface area contributed by atoms with Gasteiger partial charge in [0.05, 0.1) is 6.61 Å². The lowest BCUT2D eigenvalue weighted by Crippen LogP contribution is -2.36. The summed E-state index contributed by atoms with van der Waals surface area (Å²) in [6.45, 7) is 6.89. The van der Waals surface area contributed by atoms with Crippen LogP contribution in [0.3, 0.4) is 0 Å². The van der Waals surface area contributed by atoms with E-state index >= 15 is 4.39 Å². The number of para-hydroxylation sites is 1. The second-order valence-electron chi connectivity index (χ2n) is 11.1. The fourth-order valence-corrected chi connectivity index (χ4v) is 6.66. The van der Waals surface area contributed by atoms with Crippen molar-refractivity contribution in [1.29, 1.82) is 0 Å². The average molecular weight is 674 g/mol. The van der Waals surface area contributed by atoms with Crippen molar-refractivity contribution in [2.24, 2.45) is 5.41 Å². The van der Waals surface area contributed by atoms with Crippen LogP contribution >= 0.6 is 18.9 Å². The Bertz CT molecular complexity index is 1770. The molecular weight excluding hydrogens is 647 g/mol. The molecule has 0 radical (unpaired) electrons. The van der Waals surface area contributed by atoms with Gasteiger partial charge in [0, 0.05) is 4.70 Å². The normalized spacial score (nSPS) is 14.4. The van der Waals surface area contributed by atoms with E-state index in [9.17, 15) is 36.1 Å². The zero-order valence-corrected chi connectivity index (χ0v) is 25.8. The Labute approximate surface area is 257 Å². The van der Waals surface area contributed by atoms with Crippen molar-refractivity contribution in [3.63, 3.8) is 0 Å². The molecule has 15 heteroatoms. The van der Waals surface area contributed by atoms with E-state index in [1.54, 1.807) is 18.2 Å². The fourth-order valence-electron chi connectivity index (χ4n) is 3.84. The van der Waals surface area contributed by atoms with Crippen LogP contribution in [0.15, 0.2) is 54.6 Å². The molecule has 0 aliphatic rings. The number of thiophene rings is 1. The summed E-state index contributed by atoms with van der Waals surface area (Å²) < 4.78 is 114. The van der Waals surface area contributed by atoms with Crippen LogP contribution in [-0.4, -0.2) is 24.6 Å². The third-order valence-electron chi connectivity index (χ3n) is 6.04. The van der Waals surface area contributed by atoms with Gasteiger partial charge in [-0.05, 0) is 53.6 Å². The number of fused-ring (bicyclic) bond motifs is 1. The number of nitrogens with one attached hydrogen (secondary N) is 1. The first-order valence-corrected chi connectivity index (χ1v) is 15.7. The quantitative estimate of drug-likeness (QED) is 0.0450. The minimum absolute atomic E-state index is 0.0426. The highest BCUT2D eigenvalue weighted by molar-refractivity contribution is 7.57. The fraction of sp³-hybridized carbons (Fsp3) is 0.267. The van der Waals surface area contributed by atoms with Crippen LogP contribution in [0, 0.1) is 34.5 Å². The minimum atomic E-state index is -4.58. The molecule has 0 fully saturated rings. The first kappa shape index (κ1) is 34.0. The van der Waals surface area contributed by atoms with Gasteiger partial charge >= 0.3 is 19.5 Å². The summed E-state index contributed by atoms with van der Waals surface area (Å²) in [4.78, 5) is 24.9. The Morgan fingerprint density at radius 3 is 2.11 bits per heavy atom. The molecule has 0 saturated heterocycles. The molecule has 4 aromatic rings. The van der Waals surface area contributed by atoms with Gasteiger partial charge in [0.1, 0.15) is 16.7 Å². The lowest BCUT2D eigenvalue weighted by Gasteiger charge is -2.27. The number of hydrogen-bond donors (Lipinski definition) is 1. The number of esters is 2. The van der Waals surface area contributed by atoms with E-state index in [-0.39, 0.29) is 33.6 Å². The number of benzene rings is 3. The van der Waals surface area contributed by atoms with Crippen LogP contribution in [0.2, 0.25) is 0 Å². The minimum Gasteiger partial charge on any atom is -0.464 e. The van der Waals surface area contributed by atoms with Crippen molar-refractivity contribution in [3.8, 4) is 11.5 Å². The van der Waals surface area contributed by atoms with E-state index in [1.165, 1.54) is 37.3 Å². The van der Waals surface area contributed by atoms with Gasteiger partial charge < -0.3 is 14.0 Å². The van der Waals surface area contributed by atoms with Crippen LogP contribution in [0.1, 0.15) is 48.8 Å². The van der Waals surface area contributed by atoms with Crippen LogP contribution in [0.4, 0.5) is 26.3 Å². The number of hydrogen-bond acceptors (Lipinski definition) is 7. The van der Waals surface area contributed by atoms with E-state index in [0.717, 1.165) is 17.4 Å². The van der Waals surface area contributed by atoms with Crippen LogP contribution in [-0.2, 0) is 14.1 Å². The summed E-state index contributed by atoms with van der Waals surface area (Å²) in [5.74, 6) is -18.0. The molecule has 3 atom stereocenters. The molecule has 45 heavy (non-hydrogen) atoms. The van der Waals surface area contributed by atoms with Crippen LogP contribution < -0.4 is 14.3 Å². The van der Waals surface area contributed by atoms with Gasteiger partial charge in [-0.3, -0.25) is 9.36 Å². The lowest BCUT2D eigenvalue weighted by molar-refractivity contribution is -0.148. The van der Waals surface area contributed by atoms with E-state index in [1.807, 2.05) is 20.8 Å². The van der Waals surface area contributed by atoms with Crippen molar-refractivity contribution in [1.82, 2.24) is 5.09 Å². The second kappa shape index (κ2) is 13.2. The number of ether oxygens (including phenoxy) is 2. The van der Waals surface area contributed by atoms with E-state index in [2.05, 4.69) is 9.82 Å². The average Bonchev–Trinajstić information content (AvgIpc) is 3.43. The Morgan fingerprint density at radius 2 is 1.51 bits per heavy atom. The van der Waals surface area contributed by atoms with E-state index in [4.69, 9.17) is 9.26 Å². The van der Waals surface area contributed by atoms with Gasteiger partial charge in [-0.25, -0.2) is 27.4 Å². The first-order chi connectivity index (χ1) is 21.0. The zero-order valence-electron chi connectivity index (χ0n) is 24.1. The highest BCUT2D eigenvalue weighted by Crippen LogP contribution is 2.58. The number of carbonyl (C=O) groups excluding carboxylic acids is 2. The van der Waals surface area contributed by atoms with Crippen LogP contribution in [0.5, 0.6) is 11.5 Å². The summed E-state index contributed by atoms with van der Waals surface area (Å²) in [6, 6.07) is 11.4. The third kappa shape index (κ3) is 7.69. The number of alkyl halides is 1. The van der Waals surface area contributed by atoms with Crippen molar-refractivity contribution in [2.75, 3.05) is 6.61 Å². The van der Waals surface area contributed by atoms with Crippen LogP contribution in [0.25, 0.3) is 10.1 Å². The predicted octanol–water partition coefficient (Wildman–Crippen LogP) is 8.62. The van der Waals surface area contributed by atoms with Gasteiger partial charge in [-0.15, -0.1) is 11.3 Å². The molecular formula is C30H26F6NO6PS. The Kier molecular flexibility index (Phi) is 10.0. The Morgan fingerprint density at radius 1 is 0.911 bits per heavy atom. The van der Waals surface area contributed by atoms with Gasteiger partial charge in [-0.1, -0.05) is 45.0 Å². The first-order valence-electron chi connectivity index (χ1n) is 13.2. The molecule has 0 spiro atoms. The van der Waals surface area contributed by atoms with Gasteiger partial charge in [-0.2, -0.15) is 8.78 Å². The summed E-state index contributed by atoms with van der Waals surface area (Å²) >= 11 is 0.720. The molecule has 1 N–H and O–H groups in total. The van der Waals surface area contributed by atoms with Crippen molar-refractivity contribution >= 4 is 40.9 Å². The molecule has 0 bridgehead atoms. The van der Waals surface area contributed by atoms with Gasteiger partial charge in [0.25, 0.3) is 0 Å². The molecule has 1 heterocycles. The summed E-state index contributed by atoms with van der Waals surface area (Å²) in [6.07, 6.45) is 0. The Hall–Kier alpha value is -3.87. The van der Waals surface area contributed by atoms with Crippen molar-refractivity contribution < 1.29 is 54.5 Å². The second-order valence-corrected chi connectivity index (χ2v) is 14.2. The smallest absolute Gasteiger partial charge is 0.355 e. The molecule has 3 aromatic carbocycles. The molecule has 240 valence electrons. The highest BCUT2D eigenvalue weighted by Gasteiger charge is 2.41. The topological polar surface area (TPSA) is 90.9 Å². The maximum absolute atomic E-state index is 16.2. The summed E-state index contributed by atoms with van der Waals surface area (Å²) in [7, 11) is -4.58. The highest BCUT2D eigenvalue weighted by atomic mass is 32.1.